The van der Waals surface area contributed by atoms with Gasteiger partial charge < -0.3 is 15.0 Å². The van der Waals surface area contributed by atoms with Crippen LogP contribution in [-0.2, 0) is 4.74 Å². The van der Waals surface area contributed by atoms with Crippen LogP contribution in [0.15, 0.2) is 6.20 Å². The summed E-state index contributed by atoms with van der Waals surface area (Å²) in [7, 11) is 0. The summed E-state index contributed by atoms with van der Waals surface area (Å²) in [4.78, 5) is 22.9. The lowest BCUT2D eigenvalue weighted by molar-refractivity contribution is 0.0524. The number of aromatic nitrogens is 2. The average molecular weight is 292 g/mol. The van der Waals surface area contributed by atoms with Gasteiger partial charge in [-0.3, -0.25) is 0 Å². The molecule has 1 N–H and O–H groups in total. The van der Waals surface area contributed by atoms with E-state index in [0.29, 0.717) is 29.9 Å². The van der Waals surface area contributed by atoms with Crippen LogP contribution in [0.3, 0.4) is 0 Å². The van der Waals surface area contributed by atoms with Gasteiger partial charge in [-0.1, -0.05) is 0 Å². The zero-order chi connectivity index (χ0) is 15.2. The van der Waals surface area contributed by atoms with Crippen LogP contribution in [0.25, 0.3) is 0 Å². The van der Waals surface area contributed by atoms with Crippen LogP contribution in [0, 0.1) is 6.92 Å². The second kappa shape index (κ2) is 7.36. The molecule has 0 radical (unpaired) electrons. The smallest absolute Gasteiger partial charge is 0.341 e. The number of anilines is 1. The second-order valence-corrected chi connectivity index (χ2v) is 5.18. The number of hydrogen-bond donors (Lipinski definition) is 1. The SMILES string of the molecule is CCOC(=O)c1cnc(N(CC)C2CCCNC2)nc1C. The molecule has 1 fully saturated rings. The average Bonchev–Trinajstić information content (AvgIpc) is 2.49. The van der Waals surface area contributed by atoms with Crippen LogP contribution in [-0.4, -0.2) is 48.2 Å². The molecule has 6 heteroatoms. The summed E-state index contributed by atoms with van der Waals surface area (Å²) < 4.78 is 5.01. The topological polar surface area (TPSA) is 67.3 Å². The van der Waals surface area contributed by atoms with E-state index in [0.717, 1.165) is 26.1 Å². The first kappa shape index (κ1) is 15.7. The Morgan fingerprint density at radius 2 is 2.33 bits per heavy atom. The summed E-state index contributed by atoms with van der Waals surface area (Å²) in [5.41, 5.74) is 1.11. The molecule has 116 valence electrons. The van der Waals surface area contributed by atoms with Crippen LogP contribution >= 0.6 is 0 Å². The van der Waals surface area contributed by atoms with Gasteiger partial charge in [0, 0.05) is 25.3 Å². The standard InChI is InChI=1S/C15H24N4O2/c1-4-19(12-7-6-8-16-9-12)15-17-10-13(11(3)18-15)14(20)21-5-2/h10,12,16H,4-9H2,1-3H3. The molecule has 1 aliphatic heterocycles. The van der Waals surface area contributed by atoms with Crippen molar-refractivity contribution in [2.24, 2.45) is 0 Å². The second-order valence-electron chi connectivity index (χ2n) is 5.18. The van der Waals surface area contributed by atoms with E-state index in [1.807, 2.05) is 6.92 Å². The molecule has 6 nitrogen and oxygen atoms in total. The molecule has 1 saturated heterocycles. The predicted octanol–water partition coefficient (Wildman–Crippen LogP) is 1.54. The van der Waals surface area contributed by atoms with Crippen molar-refractivity contribution in [2.45, 2.75) is 39.7 Å². The highest BCUT2D eigenvalue weighted by Gasteiger charge is 2.23. The van der Waals surface area contributed by atoms with Crippen LogP contribution in [0.2, 0.25) is 0 Å². The molecule has 1 unspecified atom stereocenters. The highest BCUT2D eigenvalue weighted by atomic mass is 16.5. The third-order valence-electron chi connectivity index (χ3n) is 3.77. The molecule has 1 aliphatic rings. The number of ether oxygens (including phenoxy) is 1. The van der Waals surface area contributed by atoms with Gasteiger partial charge in [-0.15, -0.1) is 0 Å². The lowest BCUT2D eigenvalue weighted by Gasteiger charge is -2.34. The van der Waals surface area contributed by atoms with Crippen LogP contribution < -0.4 is 10.2 Å². The van der Waals surface area contributed by atoms with E-state index in [9.17, 15) is 4.79 Å². The molecule has 1 aromatic heterocycles. The first-order chi connectivity index (χ1) is 10.2. The molecule has 1 atom stereocenters. The maximum absolute atomic E-state index is 11.8. The number of carbonyl (C=O) groups is 1. The zero-order valence-electron chi connectivity index (χ0n) is 13.1. The Morgan fingerprint density at radius 3 is 2.90 bits per heavy atom. The Kier molecular flexibility index (Phi) is 5.50. The lowest BCUT2D eigenvalue weighted by Crippen LogP contribution is -2.46. The molecule has 0 amide bonds. The van der Waals surface area contributed by atoms with Crippen molar-refractivity contribution in [3.05, 3.63) is 17.5 Å². The number of aryl methyl sites for hydroxylation is 1. The van der Waals surface area contributed by atoms with Gasteiger partial charge in [0.1, 0.15) is 0 Å². The Labute approximate surface area is 125 Å². The summed E-state index contributed by atoms with van der Waals surface area (Å²) in [5.74, 6) is 0.334. The quantitative estimate of drug-likeness (QED) is 0.830. The van der Waals surface area contributed by atoms with E-state index < -0.39 is 0 Å². The summed E-state index contributed by atoms with van der Waals surface area (Å²) in [6.07, 6.45) is 3.89. The molecule has 1 aromatic rings. The molecule has 0 saturated carbocycles. The number of rotatable bonds is 5. The Hall–Kier alpha value is -1.69. The van der Waals surface area contributed by atoms with Gasteiger partial charge >= 0.3 is 5.97 Å². The van der Waals surface area contributed by atoms with Gasteiger partial charge in [0.15, 0.2) is 0 Å². The number of nitrogens with zero attached hydrogens (tertiary/aromatic N) is 3. The summed E-state index contributed by atoms with van der Waals surface area (Å²) >= 11 is 0. The minimum Gasteiger partial charge on any atom is -0.462 e. The van der Waals surface area contributed by atoms with Gasteiger partial charge in [-0.05, 0) is 40.2 Å². The normalized spacial score (nSPS) is 18.3. The monoisotopic (exact) mass is 292 g/mol. The number of esters is 1. The fourth-order valence-corrected chi connectivity index (χ4v) is 2.66. The van der Waals surface area contributed by atoms with Gasteiger partial charge in [0.05, 0.1) is 17.9 Å². The van der Waals surface area contributed by atoms with E-state index in [4.69, 9.17) is 4.74 Å². The summed E-state index contributed by atoms with van der Waals surface area (Å²) in [5, 5.41) is 3.41. The highest BCUT2D eigenvalue weighted by molar-refractivity contribution is 5.90. The first-order valence-corrected chi connectivity index (χ1v) is 7.65. The van der Waals surface area contributed by atoms with Crippen molar-refractivity contribution in [3.8, 4) is 0 Å². The van der Waals surface area contributed by atoms with E-state index in [1.165, 1.54) is 6.42 Å². The molecule has 0 aliphatic carbocycles. The van der Waals surface area contributed by atoms with Crippen LogP contribution in [0.1, 0.15) is 42.7 Å². The van der Waals surface area contributed by atoms with Crippen molar-refractivity contribution in [1.29, 1.82) is 0 Å². The third kappa shape index (κ3) is 3.69. The minimum atomic E-state index is -0.357. The third-order valence-corrected chi connectivity index (χ3v) is 3.77. The Bertz CT molecular complexity index is 487. The van der Waals surface area contributed by atoms with E-state index in [1.54, 1.807) is 13.1 Å². The predicted molar refractivity (Wildman–Crippen MR) is 81.6 cm³/mol. The van der Waals surface area contributed by atoms with Crippen LogP contribution in [0.5, 0.6) is 0 Å². The number of carbonyl (C=O) groups excluding carboxylic acids is 1. The van der Waals surface area contributed by atoms with Gasteiger partial charge in [0.2, 0.25) is 5.95 Å². The molecule has 0 bridgehead atoms. The van der Waals surface area contributed by atoms with Crippen LogP contribution in [0.4, 0.5) is 5.95 Å². The largest absolute Gasteiger partial charge is 0.462 e. The maximum atomic E-state index is 11.8. The molecular formula is C15H24N4O2. The maximum Gasteiger partial charge on any atom is 0.341 e. The fraction of sp³-hybridized carbons (Fsp3) is 0.667. The Balaban J connectivity index is 2.18. The lowest BCUT2D eigenvalue weighted by atomic mass is 10.1. The first-order valence-electron chi connectivity index (χ1n) is 7.65. The minimum absolute atomic E-state index is 0.356. The molecule has 2 heterocycles. The van der Waals surface area contributed by atoms with Gasteiger partial charge in [-0.25, -0.2) is 14.8 Å². The highest BCUT2D eigenvalue weighted by Crippen LogP contribution is 2.18. The van der Waals surface area contributed by atoms with Gasteiger partial charge in [-0.2, -0.15) is 0 Å². The zero-order valence-corrected chi connectivity index (χ0v) is 13.1. The molecular weight excluding hydrogens is 268 g/mol. The fourth-order valence-electron chi connectivity index (χ4n) is 2.66. The summed E-state index contributed by atoms with van der Waals surface area (Å²) in [6.45, 7) is 8.96. The van der Waals surface area contributed by atoms with Gasteiger partial charge in [0.25, 0.3) is 0 Å². The number of likely N-dealkylation sites (N-methyl/N-ethyl adjacent to an activating group) is 1. The molecule has 0 aromatic carbocycles. The number of nitrogens with one attached hydrogen (secondary N) is 1. The summed E-state index contributed by atoms with van der Waals surface area (Å²) in [6, 6.07) is 0.414. The van der Waals surface area contributed by atoms with Crippen molar-refractivity contribution in [2.75, 3.05) is 31.1 Å². The van der Waals surface area contributed by atoms with E-state index >= 15 is 0 Å². The number of hydrogen-bond acceptors (Lipinski definition) is 6. The van der Waals surface area contributed by atoms with Crippen molar-refractivity contribution in [3.63, 3.8) is 0 Å². The molecule has 0 spiro atoms. The van der Waals surface area contributed by atoms with Crippen molar-refractivity contribution in [1.82, 2.24) is 15.3 Å². The Morgan fingerprint density at radius 1 is 1.52 bits per heavy atom. The molecule has 2 rings (SSSR count). The van der Waals surface area contributed by atoms with E-state index in [-0.39, 0.29) is 5.97 Å². The van der Waals surface area contributed by atoms with E-state index in [2.05, 4.69) is 27.1 Å². The number of piperidine rings is 1. The van der Waals surface area contributed by atoms with Crippen molar-refractivity contribution < 1.29 is 9.53 Å². The van der Waals surface area contributed by atoms with Crippen molar-refractivity contribution >= 4 is 11.9 Å². The molecule has 21 heavy (non-hydrogen) atoms.